The zero-order chi connectivity index (χ0) is 14.3. The molecule has 1 heterocycles. The summed E-state index contributed by atoms with van der Waals surface area (Å²) < 4.78 is 0. The minimum atomic E-state index is 0.175. The zero-order valence-corrected chi connectivity index (χ0v) is 12.4. The van der Waals surface area contributed by atoms with Crippen molar-refractivity contribution in [2.24, 2.45) is 0 Å². The highest BCUT2D eigenvalue weighted by molar-refractivity contribution is 5.77. The van der Waals surface area contributed by atoms with Crippen molar-refractivity contribution in [2.45, 2.75) is 52.7 Å². The van der Waals surface area contributed by atoms with E-state index in [2.05, 4.69) is 17.2 Å². The van der Waals surface area contributed by atoms with Crippen molar-refractivity contribution in [2.75, 3.05) is 6.54 Å². The second-order valence-electron chi connectivity index (χ2n) is 5.10. The summed E-state index contributed by atoms with van der Waals surface area (Å²) in [4.78, 5) is 18.5. The van der Waals surface area contributed by atoms with E-state index in [1.165, 1.54) is 0 Å². The van der Waals surface area contributed by atoms with E-state index in [4.69, 9.17) is 0 Å². The summed E-state index contributed by atoms with van der Waals surface area (Å²) in [5.74, 6) is 0.175. The number of hydrogen-bond donors (Lipinski definition) is 1. The van der Waals surface area contributed by atoms with Crippen LogP contribution in [0.1, 0.15) is 39.8 Å². The molecule has 1 N–H and O–H groups in total. The Balaban J connectivity index is 2.64. The summed E-state index contributed by atoms with van der Waals surface area (Å²) in [7, 11) is 0. The fourth-order valence-corrected chi connectivity index (χ4v) is 2.02. The molecule has 1 unspecified atom stereocenters. The van der Waals surface area contributed by atoms with Crippen molar-refractivity contribution in [3.63, 3.8) is 0 Å². The lowest BCUT2D eigenvalue weighted by Gasteiger charge is -2.28. The molecular formula is C15H25N3O. The van der Waals surface area contributed by atoms with E-state index in [-0.39, 0.29) is 18.0 Å². The van der Waals surface area contributed by atoms with E-state index < -0.39 is 0 Å². The molecule has 0 aliphatic carbocycles. The van der Waals surface area contributed by atoms with Gasteiger partial charge in [-0.1, -0.05) is 13.0 Å². The van der Waals surface area contributed by atoms with Gasteiger partial charge in [-0.2, -0.15) is 0 Å². The maximum absolute atomic E-state index is 12.3. The Morgan fingerprint density at radius 3 is 2.63 bits per heavy atom. The molecule has 1 rings (SSSR count). The number of rotatable bonds is 7. The van der Waals surface area contributed by atoms with Gasteiger partial charge in [-0.25, -0.2) is 0 Å². The third-order valence-corrected chi connectivity index (χ3v) is 3.04. The first-order chi connectivity index (χ1) is 9.04. The molecule has 0 spiro atoms. The molecule has 4 heteroatoms. The van der Waals surface area contributed by atoms with Crippen molar-refractivity contribution >= 4 is 5.91 Å². The summed E-state index contributed by atoms with van der Waals surface area (Å²) in [5.41, 5.74) is 0.931. The average Bonchev–Trinajstić information content (AvgIpc) is 2.36. The van der Waals surface area contributed by atoms with Crippen molar-refractivity contribution in [3.05, 3.63) is 30.1 Å². The zero-order valence-electron chi connectivity index (χ0n) is 12.4. The first-order valence-corrected chi connectivity index (χ1v) is 6.97. The van der Waals surface area contributed by atoms with Crippen LogP contribution in [0.5, 0.6) is 0 Å². The Morgan fingerprint density at radius 1 is 1.37 bits per heavy atom. The van der Waals surface area contributed by atoms with Gasteiger partial charge in [-0.15, -0.1) is 0 Å². The summed E-state index contributed by atoms with van der Waals surface area (Å²) in [6, 6.07) is 6.19. The number of hydrogen-bond acceptors (Lipinski definition) is 3. The smallest absolute Gasteiger partial charge is 0.224 e. The molecule has 106 valence electrons. The largest absolute Gasteiger partial charge is 0.334 e. The van der Waals surface area contributed by atoms with Gasteiger partial charge in [0.05, 0.1) is 12.2 Å². The molecule has 1 aromatic rings. The van der Waals surface area contributed by atoms with E-state index >= 15 is 0 Å². The third-order valence-electron chi connectivity index (χ3n) is 3.04. The lowest BCUT2D eigenvalue weighted by Crippen LogP contribution is -2.40. The first-order valence-electron chi connectivity index (χ1n) is 6.97. The number of carbonyl (C=O) groups is 1. The fraction of sp³-hybridized carbons (Fsp3) is 0.600. The number of amides is 1. The third kappa shape index (κ3) is 5.39. The molecule has 0 aliphatic heterocycles. The molecule has 4 nitrogen and oxygen atoms in total. The minimum absolute atomic E-state index is 0.175. The van der Waals surface area contributed by atoms with Crippen LogP contribution in [-0.2, 0) is 11.3 Å². The Morgan fingerprint density at radius 2 is 2.11 bits per heavy atom. The molecule has 0 fully saturated rings. The van der Waals surface area contributed by atoms with Crippen molar-refractivity contribution < 1.29 is 4.79 Å². The Labute approximate surface area is 116 Å². The number of aromatic nitrogens is 1. The summed E-state index contributed by atoms with van der Waals surface area (Å²) in [6.07, 6.45) is 2.29. The van der Waals surface area contributed by atoms with Gasteiger partial charge >= 0.3 is 0 Å². The quantitative estimate of drug-likeness (QED) is 0.820. The maximum Gasteiger partial charge on any atom is 0.224 e. The maximum atomic E-state index is 12.3. The van der Waals surface area contributed by atoms with E-state index in [0.29, 0.717) is 13.0 Å². The second-order valence-corrected chi connectivity index (χ2v) is 5.10. The van der Waals surface area contributed by atoms with Crippen LogP contribution in [0.4, 0.5) is 0 Å². The second kappa shape index (κ2) is 7.89. The highest BCUT2D eigenvalue weighted by Crippen LogP contribution is 2.09. The van der Waals surface area contributed by atoms with Crippen LogP contribution in [0.15, 0.2) is 24.4 Å². The standard InChI is InChI=1S/C15H25N3O/c1-5-16-13(4)10-15(19)18(12(2)3)11-14-8-6-7-9-17-14/h6-9,12-13,16H,5,10-11H2,1-4H3. The molecular weight excluding hydrogens is 238 g/mol. The normalized spacial score (nSPS) is 12.5. The Hall–Kier alpha value is -1.42. The first kappa shape index (κ1) is 15.6. The summed E-state index contributed by atoms with van der Waals surface area (Å²) >= 11 is 0. The predicted molar refractivity (Wildman–Crippen MR) is 77.7 cm³/mol. The monoisotopic (exact) mass is 263 g/mol. The molecule has 1 atom stereocenters. The van der Waals surface area contributed by atoms with Crippen molar-refractivity contribution in [1.82, 2.24) is 15.2 Å². The van der Waals surface area contributed by atoms with Crippen LogP contribution in [-0.4, -0.2) is 34.4 Å². The molecule has 1 amide bonds. The SMILES string of the molecule is CCNC(C)CC(=O)N(Cc1ccccn1)C(C)C. The highest BCUT2D eigenvalue weighted by atomic mass is 16.2. The number of nitrogens with zero attached hydrogens (tertiary/aromatic N) is 2. The highest BCUT2D eigenvalue weighted by Gasteiger charge is 2.19. The lowest BCUT2D eigenvalue weighted by atomic mass is 10.1. The average molecular weight is 263 g/mol. The fourth-order valence-electron chi connectivity index (χ4n) is 2.02. The van der Waals surface area contributed by atoms with Crippen LogP contribution < -0.4 is 5.32 Å². The molecule has 0 radical (unpaired) electrons. The van der Waals surface area contributed by atoms with Gasteiger partial charge < -0.3 is 10.2 Å². The van der Waals surface area contributed by atoms with Gasteiger partial charge in [0, 0.05) is 24.7 Å². The number of carbonyl (C=O) groups excluding carboxylic acids is 1. The van der Waals surface area contributed by atoms with Crippen LogP contribution >= 0.6 is 0 Å². The van der Waals surface area contributed by atoms with E-state index in [1.54, 1.807) is 6.20 Å². The minimum Gasteiger partial charge on any atom is -0.334 e. The van der Waals surface area contributed by atoms with Gasteiger partial charge in [0.1, 0.15) is 0 Å². The topological polar surface area (TPSA) is 45.2 Å². The molecule has 0 bridgehead atoms. The molecule has 0 saturated heterocycles. The van der Waals surface area contributed by atoms with Gasteiger partial charge in [-0.05, 0) is 39.4 Å². The number of nitrogens with one attached hydrogen (secondary N) is 1. The molecule has 0 saturated carbocycles. The molecule has 19 heavy (non-hydrogen) atoms. The molecule has 0 aliphatic rings. The van der Waals surface area contributed by atoms with Crippen LogP contribution in [0.3, 0.4) is 0 Å². The summed E-state index contributed by atoms with van der Waals surface area (Å²) in [6.45, 7) is 9.64. The van der Waals surface area contributed by atoms with E-state index in [0.717, 1.165) is 12.2 Å². The van der Waals surface area contributed by atoms with Crippen molar-refractivity contribution in [1.29, 1.82) is 0 Å². The molecule has 0 aromatic carbocycles. The van der Waals surface area contributed by atoms with Gasteiger partial charge in [-0.3, -0.25) is 9.78 Å². The van der Waals surface area contributed by atoms with E-state index in [1.807, 2.05) is 43.9 Å². The van der Waals surface area contributed by atoms with E-state index in [9.17, 15) is 4.79 Å². The predicted octanol–water partition coefficient (Wildman–Crippen LogP) is 2.21. The van der Waals surface area contributed by atoms with Crippen LogP contribution in [0, 0.1) is 0 Å². The van der Waals surface area contributed by atoms with Crippen molar-refractivity contribution in [3.8, 4) is 0 Å². The number of pyridine rings is 1. The summed E-state index contributed by atoms with van der Waals surface area (Å²) in [5, 5.41) is 3.27. The van der Waals surface area contributed by atoms with Crippen LogP contribution in [0.2, 0.25) is 0 Å². The van der Waals surface area contributed by atoms with Crippen LogP contribution in [0.25, 0.3) is 0 Å². The van der Waals surface area contributed by atoms with Gasteiger partial charge in [0.2, 0.25) is 5.91 Å². The Bertz CT molecular complexity index is 378. The lowest BCUT2D eigenvalue weighted by molar-refractivity contribution is -0.134. The van der Waals surface area contributed by atoms with Gasteiger partial charge in [0.15, 0.2) is 0 Å². The van der Waals surface area contributed by atoms with Gasteiger partial charge in [0.25, 0.3) is 0 Å². The Kier molecular flexibility index (Phi) is 6.50. The molecule has 1 aromatic heterocycles.